The van der Waals surface area contributed by atoms with Crippen LogP contribution in [0.2, 0.25) is 0 Å². The van der Waals surface area contributed by atoms with E-state index in [-0.39, 0.29) is 36.1 Å². The quantitative estimate of drug-likeness (QED) is 0.850. The maximum Gasteiger partial charge on any atom is 0.266 e. The van der Waals surface area contributed by atoms with Crippen LogP contribution in [0.25, 0.3) is 0 Å². The number of hydrogen-bond acceptors (Lipinski definition) is 5. The third-order valence-corrected chi connectivity index (χ3v) is 4.97. The van der Waals surface area contributed by atoms with Crippen LogP contribution in [0.15, 0.2) is 6.20 Å². The second-order valence-corrected chi connectivity index (χ2v) is 6.86. The minimum atomic E-state index is -0.665. The zero-order valence-corrected chi connectivity index (χ0v) is 12.8. The Kier molecular flexibility index (Phi) is 3.52. The predicted molar refractivity (Wildman–Crippen MR) is 76.9 cm³/mol. The molecule has 1 N–H and O–H groups in total. The number of hydrogen-bond donors (Lipinski definition) is 1. The van der Waals surface area contributed by atoms with Crippen LogP contribution in [0.5, 0.6) is 0 Å². The average molecular weight is 307 g/mol. The normalized spacial score (nSPS) is 21.8. The van der Waals surface area contributed by atoms with Crippen molar-refractivity contribution in [3.8, 4) is 0 Å². The lowest BCUT2D eigenvalue weighted by molar-refractivity contribution is -0.126. The van der Waals surface area contributed by atoms with Gasteiger partial charge >= 0.3 is 0 Å². The summed E-state index contributed by atoms with van der Waals surface area (Å²) in [4.78, 5) is 42.3. The van der Waals surface area contributed by atoms with E-state index in [4.69, 9.17) is 0 Å². The molecule has 7 heteroatoms. The molecule has 3 rings (SSSR count). The van der Waals surface area contributed by atoms with Gasteiger partial charge in [-0.25, -0.2) is 4.98 Å². The standard InChI is InChI=1S/C14H17N3O3S/c1-7(2)13-15-6-10(21-13)14(20)17(8-3-4-8)9-5-11(18)16-12(9)19/h6-9H,3-5H2,1-2H3,(H,16,18,19)/t9-/m1/s1. The Bertz CT molecular complexity index is 606. The minimum Gasteiger partial charge on any atom is -0.322 e. The second kappa shape index (κ2) is 5.22. The topological polar surface area (TPSA) is 79.4 Å². The maximum absolute atomic E-state index is 12.7. The van der Waals surface area contributed by atoms with E-state index in [9.17, 15) is 14.4 Å². The number of nitrogens with zero attached hydrogens (tertiary/aromatic N) is 2. The molecule has 0 bridgehead atoms. The lowest BCUT2D eigenvalue weighted by Crippen LogP contribution is -2.45. The lowest BCUT2D eigenvalue weighted by atomic mass is 10.2. The molecule has 6 nitrogen and oxygen atoms in total. The summed E-state index contributed by atoms with van der Waals surface area (Å²) >= 11 is 1.36. The summed E-state index contributed by atoms with van der Waals surface area (Å²) in [7, 11) is 0. The zero-order chi connectivity index (χ0) is 15.1. The molecule has 21 heavy (non-hydrogen) atoms. The van der Waals surface area contributed by atoms with Crippen LogP contribution in [-0.2, 0) is 9.59 Å². The summed E-state index contributed by atoms with van der Waals surface area (Å²) in [6.45, 7) is 4.05. The Hall–Kier alpha value is -1.76. The summed E-state index contributed by atoms with van der Waals surface area (Å²) < 4.78 is 0. The molecule has 0 unspecified atom stereocenters. The van der Waals surface area contributed by atoms with Gasteiger partial charge in [0.05, 0.1) is 17.6 Å². The third-order valence-electron chi connectivity index (χ3n) is 3.68. The predicted octanol–water partition coefficient (Wildman–Crippen LogP) is 1.29. The average Bonchev–Trinajstić information content (AvgIpc) is 3.00. The Morgan fingerprint density at radius 2 is 2.14 bits per heavy atom. The van der Waals surface area contributed by atoms with E-state index in [2.05, 4.69) is 10.3 Å². The van der Waals surface area contributed by atoms with Crippen LogP contribution in [0.1, 0.15) is 53.7 Å². The molecule has 2 heterocycles. The first-order valence-corrected chi connectivity index (χ1v) is 7.91. The molecule has 1 saturated carbocycles. The minimum absolute atomic E-state index is 0.0664. The first kappa shape index (κ1) is 14.2. The highest BCUT2D eigenvalue weighted by atomic mass is 32.1. The second-order valence-electron chi connectivity index (χ2n) is 5.79. The van der Waals surface area contributed by atoms with Crippen molar-refractivity contribution in [1.29, 1.82) is 0 Å². The Labute approximate surface area is 126 Å². The zero-order valence-electron chi connectivity index (χ0n) is 12.0. The molecule has 2 fully saturated rings. The van der Waals surface area contributed by atoms with Crippen molar-refractivity contribution in [2.75, 3.05) is 0 Å². The van der Waals surface area contributed by atoms with Gasteiger partial charge in [-0.2, -0.15) is 0 Å². The summed E-state index contributed by atoms with van der Waals surface area (Å²) in [5.41, 5.74) is 0. The van der Waals surface area contributed by atoms with Gasteiger partial charge in [0.25, 0.3) is 5.91 Å². The van der Waals surface area contributed by atoms with Gasteiger partial charge in [0.15, 0.2) is 0 Å². The maximum atomic E-state index is 12.7. The number of imide groups is 1. The molecule has 0 aromatic carbocycles. The molecule has 1 aromatic rings. The largest absolute Gasteiger partial charge is 0.322 e. The number of amides is 3. The Morgan fingerprint density at radius 1 is 1.43 bits per heavy atom. The van der Waals surface area contributed by atoms with E-state index in [1.807, 2.05) is 13.8 Å². The molecule has 0 spiro atoms. The smallest absolute Gasteiger partial charge is 0.266 e. The van der Waals surface area contributed by atoms with Gasteiger partial charge in [0.2, 0.25) is 11.8 Å². The monoisotopic (exact) mass is 307 g/mol. The molecule has 1 aliphatic heterocycles. The molecule has 1 aliphatic carbocycles. The fraction of sp³-hybridized carbons (Fsp3) is 0.571. The fourth-order valence-electron chi connectivity index (χ4n) is 2.46. The molecule has 0 radical (unpaired) electrons. The Balaban J connectivity index is 1.85. The van der Waals surface area contributed by atoms with Crippen LogP contribution < -0.4 is 5.32 Å². The van der Waals surface area contributed by atoms with Gasteiger partial charge < -0.3 is 4.90 Å². The first-order valence-electron chi connectivity index (χ1n) is 7.09. The first-order chi connectivity index (χ1) is 9.97. The van der Waals surface area contributed by atoms with Gasteiger partial charge in [-0.1, -0.05) is 13.8 Å². The highest BCUT2D eigenvalue weighted by Crippen LogP contribution is 2.33. The van der Waals surface area contributed by atoms with E-state index in [1.54, 1.807) is 11.1 Å². The van der Waals surface area contributed by atoms with Gasteiger partial charge in [-0.15, -0.1) is 11.3 Å². The van der Waals surface area contributed by atoms with Crippen molar-refractivity contribution >= 4 is 29.1 Å². The van der Waals surface area contributed by atoms with Crippen molar-refractivity contribution in [2.24, 2.45) is 0 Å². The fourth-order valence-corrected chi connectivity index (χ4v) is 3.32. The van der Waals surface area contributed by atoms with E-state index < -0.39 is 6.04 Å². The van der Waals surface area contributed by atoms with E-state index in [0.29, 0.717) is 4.88 Å². The van der Waals surface area contributed by atoms with Crippen LogP contribution >= 0.6 is 11.3 Å². The number of nitrogens with one attached hydrogen (secondary N) is 1. The molecular weight excluding hydrogens is 290 g/mol. The summed E-state index contributed by atoms with van der Waals surface area (Å²) in [6.07, 6.45) is 3.42. The van der Waals surface area contributed by atoms with Crippen LogP contribution in [0, 0.1) is 0 Å². The van der Waals surface area contributed by atoms with E-state index >= 15 is 0 Å². The van der Waals surface area contributed by atoms with Crippen molar-refractivity contribution in [3.63, 3.8) is 0 Å². The van der Waals surface area contributed by atoms with Crippen molar-refractivity contribution in [1.82, 2.24) is 15.2 Å². The van der Waals surface area contributed by atoms with Gasteiger partial charge in [0.1, 0.15) is 10.9 Å². The number of rotatable bonds is 4. The van der Waals surface area contributed by atoms with Gasteiger partial charge in [-0.05, 0) is 12.8 Å². The number of thiazole rings is 1. The van der Waals surface area contributed by atoms with Crippen molar-refractivity contribution in [2.45, 2.75) is 51.1 Å². The van der Waals surface area contributed by atoms with Gasteiger partial charge in [-0.3, -0.25) is 19.7 Å². The Morgan fingerprint density at radius 3 is 2.62 bits per heavy atom. The van der Waals surface area contributed by atoms with Crippen LogP contribution in [0.4, 0.5) is 0 Å². The lowest BCUT2D eigenvalue weighted by Gasteiger charge is -2.25. The molecule has 1 aromatic heterocycles. The van der Waals surface area contributed by atoms with E-state index in [1.165, 1.54) is 11.3 Å². The molecule has 112 valence electrons. The highest BCUT2D eigenvalue weighted by molar-refractivity contribution is 7.13. The SMILES string of the molecule is CC(C)c1ncc(C(=O)N(C2CC2)[C@@H]2CC(=O)NC2=O)s1. The van der Waals surface area contributed by atoms with Crippen LogP contribution in [-0.4, -0.2) is 39.7 Å². The van der Waals surface area contributed by atoms with Crippen molar-refractivity contribution < 1.29 is 14.4 Å². The molecular formula is C14H17N3O3S. The number of carbonyl (C=O) groups is 3. The van der Waals surface area contributed by atoms with Crippen molar-refractivity contribution in [3.05, 3.63) is 16.1 Å². The van der Waals surface area contributed by atoms with Crippen LogP contribution in [0.3, 0.4) is 0 Å². The molecule has 2 aliphatic rings. The number of aromatic nitrogens is 1. The third kappa shape index (κ3) is 2.70. The highest BCUT2D eigenvalue weighted by Gasteiger charge is 2.45. The summed E-state index contributed by atoms with van der Waals surface area (Å²) in [6, 6.07) is -0.592. The van der Waals surface area contributed by atoms with Gasteiger partial charge in [0, 0.05) is 12.0 Å². The van der Waals surface area contributed by atoms with E-state index in [0.717, 1.165) is 17.8 Å². The summed E-state index contributed by atoms with van der Waals surface area (Å²) in [5.74, 6) is -0.594. The molecule has 3 amide bonds. The molecule has 1 saturated heterocycles. The number of carbonyl (C=O) groups excluding carboxylic acids is 3. The molecule has 1 atom stereocenters. The summed E-state index contributed by atoms with van der Waals surface area (Å²) in [5, 5.41) is 3.18.